The van der Waals surface area contributed by atoms with E-state index in [1.165, 1.54) is 12.8 Å². The van der Waals surface area contributed by atoms with Crippen molar-refractivity contribution >= 4 is 0 Å². The van der Waals surface area contributed by atoms with Gasteiger partial charge in [-0.3, -0.25) is 0 Å². The Labute approximate surface area is 64.0 Å². The quantitative estimate of drug-likeness (QED) is 0.522. The van der Waals surface area contributed by atoms with Crippen molar-refractivity contribution in [2.24, 2.45) is 23.2 Å². The third-order valence-corrected chi connectivity index (χ3v) is 4.08. The highest BCUT2D eigenvalue weighted by atomic mass is 14.7. The monoisotopic (exact) mass is 138 g/mol. The predicted molar refractivity (Wildman–Crippen MR) is 43.8 cm³/mol. The number of fused-ring (bicyclic) bond motifs is 1. The number of hydrogen-bond donors (Lipinski definition) is 0. The summed E-state index contributed by atoms with van der Waals surface area (Å²) in [7, 11) is 0. The topological polar surface area (TPSA) is 0 Å². The van der Waals surface area contributed by atoms with E-state index < -0.39 is 0 Å². The van der Waals surface area contributed by atoms with Crippen molar-refractivity contribution in [3.63, 3.8) is 0 Å². The fourth-order valence-electron chi connectivity index (χ4n) is 3.06. The van der Waals surface area contributed by atoms with Gasteiger partial charge in [0.25, 0.3) is 0 Å². The molecule has 0 aromatic heterocycles. The molecule has 10 heavy (non-hydrogen) atoms. The summed E-state index contributed by atoms with van der Waals surface area (Å²) in [5.74, 6) is 3.11. The molecular weight excluding hydrogens is 120 g/mol. The number of rotatable bonds is 1. The summed E-state index contributed by atoms with van der Waals surface area (Å²) in [5.41, 5.74) is 0.833. The maximum absolute atomic E-state index is 2.43. The van der Waals surface area contributed by atoms with E-state index in [1.807, 2.05) is 0 Å². The zero-order chi connectivity index (χ0) is 7.35. The van der Waals surface area contributed by atoms with Crippen LogP contribution in [0.5, 0.6) is 0 Å². The van der Waals surface area contributed by atoms with Gasteiger partial charge in [-0.1, -0.05) is 20.8 Å². The van der Waals surface area contributed by atoms with Gasteiger partial charge in [0.05, 0.1) is 0 Å². The minimum absolute atomic E-state index is 0.833. The molecule has 0 aliphatic heterocycles. The molecule has 3 atom stereocenters. The molecule has 0 aromatic rings. The van der Waals surface area contributed by atoms with E-state index >= 15 is 0 Å². The van der Waals surface area contributed by atoms with E-state index in [9.17, 15) is 0 Å². The Morgan fingerprint density at radius 1 is 1.40 bits per heavy atom. The lowest BCUT2D eigenvalue weighted by molar-refractivity contribution is 0.342. The molecule has 1 unspecified atom stereocenters. The zero-order valence-corrected chi connectivity index (χ0v) is 7.35. The van der Waals surface area contributed by atoms with E-state index in [-0.39, 0.29) is 0 Å². The van der Waals surface area contributed by atoms with E-state index in [1.54, 1.807) is 6.42 Å². The van der Waals surface area contributed by atoms with Crippen LogP contribution >= 0.6 is 0 Å². The first-order chi connectivity index (χ1) is 4.67. The lowest BCUT2D eigenvalue weighted by Crippen LogP contribution is -2.07. The standard InChI is InChI=1S/C10H18/c1-7(2)10-5-4-8(3)9(10)6-10/h7-9H,4-6H2,1-3H3/t8-,9+,10?/m0/s1. The van der Waals surface area contributed by atoms with Crippen LogP contribution < -0.4 is 0 Å². The molecule has 0 nitrogen and oxygen atoms in total. The van der Waals surface area contributed by atoms with Crippen LogP contribution in [0, 0.1) is 23.2 Å². The van der Waals surface area contributed by atoms with Gasteiger partial charge < -0.3 is 0 Å². The maximum Gasteiger partial charge on any atom is -0.0240 e. The van der Waals surface area contributed by atoms with Crippen LogP contribution in [0.1, 0.15) is 40.0 Å². The summed E-state index contributed by atoms with van der Waals surface area (Å²) in [6.45, 7) is 7.23. The third kappa shape index (κ3) is 0.627. The Morgan fingerprint density at radius 2 is 2.10 bits per heavy atom. The van der Waals surface area contributed by atoms with Gasteiger partial charge in [-0.15, -0.1) is 0 Å². The summed E-state index contributed by atoms with van der Waals surface area (Å²) in [4.78, 5) is 0. The van der Waals surface area contributed by atoms with Gasteiger partial charge in [-0.2, -0.15) is 0 Å². The molecule has 2 fully saturated rings. The lowest BCUT2D eigenvalue weighted by Gasteiger charge is -2.15. The Kier molecular flexibility index (Phi) is 1.19. The second kappa shape index (κ2) is 1.78. The fraction of sp³-hybridized carbons (Fsp3) is 1.00. The Balaban J connectivity index is 2.11. The van der Waals surface area contributed by atoms with Gasteiger partial charge in [0.2, 0.25) is 0 Å². The van der Waals surface area contributed by atoms with Crippen molar-refractivity contribution < 1.29 is 0 Å². The van der Waals surface area contributed by atoms with E-state index in [4.69, 9.17) is 0 Å². The second-order valence-corrected chi connectivity index (χ2v) is 4.71. The third-order valence-electron chi connectivity index (χ3n) is 4.08. The fourth-order valence-corrected chi connectivity index (χ4v) is 3.06. The van der Waals surface area contributed by atoms with Crippen molar-refractivity contribution in [3.8, 4) is 0 Å². The minimum atomic E-state index is 0.833. The van der Waals surface area contributed by atoms with Crippen LogP contribution in [-0.2, 0) is 0 Å². The molecule has 0 amide bonds. The summed E-state index contributed by atoms with van der Waals surface area (Å²) in [5, 5.41) is 0. The average molecular weight is 138 g/mol. The van der Waals surface area contributed by atoms with Gasteiger partial charge in [-0.05, 0) is 42.4 Å². The van der Waals surface area contributed by atoms with Gasteiger partial charge in [0, 0.05) is 0 Å². The molecule has 0 saturated heterocycles. The van der Waals surface area contributed by atoms with Gasteiger partial charge in [0.15, 0.2) is 0 Å². The normalized spacial score (nSPS) is 51.6. The Hall–Kier alpha value is 0. The highest BCUT2D eigenvalue weighted by molar-refractivity contribution is 5.10. The van der Waals surface area contributed by atoms with Crippen LogP contribution in [0.2, 0.25) is 0 Å². The SMILES string of the molecule is CC(C)C12CC[C@H](C)[C@H]1C2. The van der Waals surface area contributed by atoms with Crippen LogP contribution in [0.25, 0.3) is 0 Å². The van der Waals surface area contributed by atoms with Gasteiger partial charge >= 0.3 is 0 Å². The molecule has 2 aliphatic rings. The summed E-state index contributed by atoms with van der Waals surface area (Å²) < 4.78 is 0. The first-order valence-electron chi connectivity index (χ1n) is 4.67. The highest BCUT2D eigenvalue weighted by Gasteiger charge is 2.61. The summed E-state index contributed by atoms with van der Waals surface area (Å²) in [6, 6.07) is 0. The van der Waals surface area contributed by atoms with Gasteiger partial charge in [-0.25, -0.2) is 0 Å². The van der Waals surface area contributed by atoms with Crippen molar-refractivity contribution in [1.29, 1.82) is 0 Å². The van der Waals surface area contributed by atoms with Crippen molar-refractivity contribution in [2.45, 2.75) is 40.0 Å². The average Bonchev–Trinajstić information content (AvgIpc) is 2.52. The predicted octanol–water partition coefficient (Wildman–Crippen LogP) is 3.08. The highest BCUT2D eigenvalue weighted by Crippen LogP contribution is 2.69. The van der Waals surface area contributed by atoms with E-state index in [0.717, 1.165) is 23.2 Å². The lowest BCUT2D eigenvalue weighted by atomic mass is 9.90. The second-order valence-electron chi connectivity index (χ2n) is 4.71. The van der Waals surface area contributed by atoms with Crippen LogP contribution in [-0.4, -0.2) is 0 Å². The van der Waals surface area contributed by atoms with Crippen LogP contribution in [0.3, 0.4) is 0 Å². The van der Waals surface area contributed by atoms with Crippen LogP contribution in [0.15, 0.2) is 0 Å². The number of hydrogen-bond acceptors (Lipinski definition) is 0. The Bertz CT molecular complexity index is 148. The van der Waals surface area contributed by atoms with Crippen LogP contribution in [0.4, 0.5) is 0 Å². The van der Waals surface area contributed by atoms with Gasteiger partial charge in [0.1, 0.15) is 0 Å². The smallest absolute Gasteiger partial charge is 0.0240 e. The molecular formula is C10H18. The van der Waals surface area contributed by atoms with E-state index in [2.05, 4.69) is 20.8 Å². The van der Waals surface area contributed by atoms with Crippen molar-refractivity contribution in [2.75, 3.05) is 0 Å². The molecule has 0 heterocycles. The molecule has 0 spiro atoms. The zero-order valence-electron chi connectivity index (χ0n) is 7.35. The molecule has 2 rings (SSSR count). The summed E-state index contributed by atoms with van der Waals surface area (Å²) >= 11 is 0. The first-order valence-corrected chi connectivity index (χ1v) is 4.67. The molecule has 0 heteroatoms. The molecule has 2 aliphatic carbocycles. The minimum Gasteiger partial charge on any atom is -0.0622 e. The largest absolute Gasteiger partial charge is 0.0622 e. The summed E-state index contributed by atoms with van der Waals surface area (Å²) in [6.07, 6.45) is 4.57. The molecule has 2 saturated carbocycles. The van der Waals surface area contributed by atoms with E-state index in [0.29, 0.717) is 0 Å². The molecule has 0 bridgehead atoms. The molecule has 0 N–H and O–H groups in total. The molecule has 0 aromatic carbocycles. The Morgan fingerprint density at radius 3 is 2.30 bits per heavy atom. The van der Waals surface area contributed by atoms with Crippen molar-refractivity contribution in [3.05, 3.63) is 0 Å². The molecule has 58 valence electrons. The molecule has 0 radical (unpaired) electrons. The van der Waals surface area contributed by atoms with Crippen molar-refractivity contribution in [1.82, 2.24) is 0 Å². The maximum atomic E-state index is 2.43. The first kappa shape index (κ1) is 6.69.